The predicted molar refractivity (Wildman–Crippen MR) is 81.2 cm³/mol. The lowest BCUT2D eigenvalue weighted by Crippen LogP contribution is -2.64. The van der Waals surface area contributed by atoms with Crippen LogP contribution in [0.3, 0.4) is 0 Å². The van der Waals surface area contributed by atoms with Gasteiger partial charge in [0.25, 0.3) is 0 Å². The molecule has 2 aliphatic heterocycles. The number of benzene rings is 1. The number of carbonyl (C=O) groups is 1. The molecule has 1 N–H and O–H groups in total. The van der Waals surface area contributed by atoms with Gasteiger partial charge in [-0.05, 0) is 32.4 Å². The average Bonchev–Trinajstić information content (AvgIpc) is 2.93. The van der Waals surface area contributed by atoms with Gasteiger partial charge in [-0.3, -0.25) is 4.79 Å². The van der Waals surface area contributed by atoms with Crippen molar-refractivity contribution in [2.75, 3.05) is 6.61 Å². The van der Waals surface area contributed by atoms with Crippen LogP contribution in [-0.2, 0) is 21.2 Å². The van der Waals surface area contributed by atoms with Gasteiger partial charge in [0, 0.05) is 18.5 Å². The second kappa shape index (κ2) is 5.24. The van der Waals surface area contributed by atoms with Gasteiger partial charge in [-0.2, -0.15) is 4.31 Å². The predicted octanol–water partition coefficient (Wildman–Crippen LogP) is 0.907. The fourth-order valence-corrected chi connectivity index (χ4v) is 5.12. The number of nitrogens with zero attached hydrogens (tertiary/aromatic N) is 1. The van der Waals surface area contributed by atoms with Gasteiger partial charge in [-0.25, -0.2) is 8.42 Å². The number of amides is 1. The molecule has 3 unspecified atom stereocenters. The first-order chi connectivity index (χ1) is 10.3. The Balaban J connectivity index is 2.10. The van der Waals surface area contributed by atoms with E-state index < -0.39 is 16.1 Å². The second-order valence-corrected chi connectivity index (χ2v) is 7.70. The summed E-state index contributed by atoms with van der Waals surface area (Å²) in [5.74, 6) is 0.156. The number of hydrogen-bond acceptors (Lipinski definition) is 4. The van der Waals surface area contributed by atoms with E-state index in [4.69, 9.17) is 4.74 Å². The fourth-order valence-electron chi connectivity index (χ4n) is 3.08. The summed E-state index contributed by atoms with van der Waals surface area (Å²) < 4.78 is 33.1. The van der Waals surface area contributed by atoms with Gasteiger partial charge in [0.05, 0.1) is 6.61 Å². The van der Waals surface area contributed by atoms with Crippen LogP contribution in [0, 0.1) is 0 Å². The quantitative estimate of drug-likeness (QED) is 0.877. The van der Waals surface area contributed by atoms with Crippen LogP contribution in [0.1, 0.15) is 26.3 Å². The van der Waals surface area contributed by atoms with E-state index in [1.807, 2.05) is 19.9 Å². The molecule has 0 radical (unpaired) electrons. The highest BCUT2D eigenvalue weighted by Crippen LogP contribution is 2.36. The monoisotopic (exact) mass is 324 g/mol. The van der Waals surface area contributed by atoms with Crippen molar-refractivity contribution in [3.63, 3.8) is 0 Å². The Labute approximate surface area is 130 Å². The summed E-state index contributed by atoms with van der Waals surface area (Å²) in [6.07, 6.45) is 0.709. The number of sulfonamides is 1. The van der Waals surface area contributed by atoms with Crippen LogP contribution in [-0.4, -0.2) is 43.4 Å². The number of ether oxygens (including phenoxy) is 1. The Bertz CT molecular complexity index is 716. The summed E-state index contributed by atoms with van der Waals surface area (Å²) in [5, 5.41) is 2.81. The number of nitrogens with one attached hydrogen (secondary N) is 1. The number of hydrogen-bond donors (Lipinski definition) is 1. The highest BCUT2D eigenvalue weighted by atomic mass is 32.2. The molecule has 120 valence electrons. The largest absolute Gasteiger partial charge is 0.492 e. The normalized spacial score (nSPS) is 28.9. The third-order valence-electron chi connectivity index (χ3n) is 4.49. The summed E-state index contributed by atoms with van der Waals surface area (Å²) in [4.78, 5) is 12.2. The van der Waals surface area contributed by atoms with Crippen molar-refractivity contribution >= 4 is 15.9 Å². The summed E-state index contributed by atoms with van der Waals surface area (Å²) in [6, 6.07) is 3.85. The number of rotatable bonds is 2. The Kier molecular flexibility index (Phi) is 3.65. The zero-order chi connectivity index (χ0) is 16.1. The van der Waals surface area contributed by atoms with Gasteiger partial charge < -0.3 is 10.1 Å². The van der Waals surface area contributed by atoms with Crippen molar-refractivity contribution in [3.05, 3.63) is 23.8 Å². The maximum atomic E-state index is 13.1. The molecule has 0 aromatic heterocycles. The summed E-state index contributed by atoms with van der Waals surface area (Å²) in [5.41, 5.74) is 0.899. The van der Waals surface area contributed by atoms with Crippen LogP contribution in [0.2, 0.25) is 0 Å². The zero-order valence-electron chi connectivity index (χ0n) is 12.9. The molecule has 0 spiro atoms. The molecule has 0 saturated carbocycles. The lowest BCUT2D eigenvalue weighted by molar-refractivity contribution is -0.128. The average molecular weight is 324 g/mol. The fraction of sp³-hybridized carbons (Fsp3) is 0.533. The molecule has 3 rings (SSSR count). The van der Waals surface area contributed by atoms with Crippen molar-refractivity contribution in [2.24, 2.45) is 0 Å². The van der Waals surface area contributed by atoms with E-state index in [0.717, 1.165) is 5.56 Å². The van der Waals surface area contributed by atoms with E-state index in [0.29, 0.717) is 18.8 Å². The Hall–Kier alpha value is -1.60. The van der Waals surface area contributed by atoms with Crippen LogP contribution in [0.25, 0.3) is 0 Å². The van der Waals surface area contributed by atoms with Crippen LogP contribution >= 0.6 is 0 Å². The van der Waals surface area contributed by atoms with Crippen molar-refractivity contribution in [2.45, 2.75) is 50.2 Å². The van der Waals surface area contributed by atoms with Gasteiger partial charge >= 0.3 is 0 Å². The third kappa shape index (κ3) is 2.19. The lowest BCUT2D eigenvalue weighted by Gasteiger charge is -2.41. The molecule has 1 aromatic carbocycles. The minimum absolute atomic E-state index is 0.156. The number of carbonyl (C=O) groups excluding carboxylic acids is 1. The maximum Gasteiger partial charge on any atom is 0.247 e. The standard InChI is InChI=1S/C15H20N2O4S/c1-9-10(2)17(11(3)15(18)16-9)22(19,20)13-6-4-5-12-7-8-21-14(12)13/h4-6,9-11H,7-8H2,1-3H3,(H,16,18). The summed E-state index contributed by atoms with van der Waals surface area (Å²) >= 11 is 0. The second-order valence-electron chi connectivity index (χ2n) is 5.89. The zero-order valence-corrected chi connectivity index (χ0v) is 13.7. The van der Waals surface area contributed by atoms with E-state index in [1.165, 1.54) is 4.31 Å². The molecule has 2 heterocycles. The highest BCUT2D eigenvalue weighted by molar-refractivity contribution is 7.89. The van der Waals surface area contributed by atoms with Crippen LogP contribution in [0.5, 0.6) is 5.75 Å². The number of piperazine rings is 1. The molecular weight excluding hydrogens is 304 g/mol. The first-order valence-electron chi connectivity index (χ1n) is 7.42. The van der Waals surface area contributed by atoms with Gasteiger partial charge in [0.2, 0.25) is 15.9 Å². The topological polar surface area (TPSA) is 75.7 Å². The molecule has 0 aliphatic carbocycles. The Morgan fingerprint density at radius 3 is 2.73 bits per heavy atom. The smallest absolute Gasteiger partial charge is 0.247 e. The Morgan fingerprint density at radius 2 is 2.00 bits per heavy atom. The molecular formula is C15H20N2O4S. The third-order valence-corrected chi connectivity index (χ3v) is 6.57. The van der Waals surface area contributed by atoms with Gasteiger partial charge in [-0.15, -0.1) is 0 Å². The molecule has 3 atom stereocenters. The van der Waals surface area contributed by atoms with Crippen LogP contribution in [0.15, 0.2) is 23.1 Å². The van der Waals surface area contributed by atoms with E-state index in [1.54, 1.807) is 19.1 Å². The van der Waals surface area contributed by atoms with Crippen molar-refractivity contribution < 1.29 is 17.9 Å². The number of fused-ring (bicyclic) bond motifs is 1. The molecule has 22 heavy (non-hydrogen) atoms. The van der Waals surface area contributed by atoms with Gasteiger partial charge in [0.1, 0.15) is 16.7 Å². The summed E-state index contributed by atoms with van der Waals surface area (Å²) in [7, 11) is -3.80. The minimum Gasteiger partial charge on any atom is -0.492 e. The molecule has 0 bridgehead atoms. The molecule has 6 nitrogen and oxygen atoms in total. The first kappa shape index (κ1) is 15.3. The summed E-state index contributed by atoms with van der Waals surface area (Å²) in [6.45, 7) is 5.72. The highest BCUT2D eigenvalue weighted by Gasteiger charge is 2.44. The van der Waals surface area contributed by atoms with Crippen molar-refractivity contribution in [1.82, 2.24) is 9.62 Å². The van der Waals surface area contributed by atoms with Crippen molar-refractivity contribution in [1.29, 1.82) is 0 Å². The molecule has 1 amide bonds. The SMILES string of the molecule is CC1NC(=O)C(C)N(S(=O)(=O)c2cccc3c2OCC3)C1C. The van der Waals surface area contributed by atoms with E-state index in [2.05, 4.69) is 5.32 Å². The molecule has 1 fully saturated rings. The molecule has 1 aromatic rings. The van der Waals surface area contributed by atoms with Crippen LogP contribution in [0.4, 0.5) is 0 Å². The number of para-hydroxylation sites is 1. The van der Waals surface area contributed by atoms with E-state index in [9.17, 15) is 13.2 Å². The van der Waals surface area contributed by atoms with Gasteiger partial charge in [0.15, 0.2) is 0 Å². The van der Waals surface area contributed by atoms with Crippen LogP contribution < -0.4 is 10.1 Å². The maximum absolute atomic E-state index is 13.1. The lowest BCUT2D eigenvalue weighted by atomic mass is 10.1. The minimum atomic E-state index is -3.80. The van der Waals surface area contributed by atoms with Gasteiger partial charge in [-0.1, -0.05) is 12.1 Å². The van der Waals surface area contributed by atoms with Crippen molar-refractivity contribution in [3.8, 4) is 5.75 Å². The Morgan fingerprint density at radius 1 is 1.27 bits per heavy atom. The molecule has 7 heteroatoms. The van der Waals surface area contributed by atoms with E-state index in [-0.39, 0.29) is 22.9 Å². The molecule has 1 saturated heterocycles. The molecule has 2 aliphatic rings. The first-order valence-corrected chi connectivity index (χ1v) is 8.86. The van der Waals surface area contributed by atoms with E-state index >= 15 is 0 Å².